The van der Waals surface area contributed by atoms with E-state index < -0.39 is 29.3 Å². The molecular weight excluding hydrogens is 466 g/mol. The number of hydrogen-bond acceptors (Lipinski definition) is 7. The number of aromatic nitrogens is 1. The first-order valence-electron chi connectivity index (χ1n) is 10.8. The van der Waals surface area contributed by atoms with Crippen LogP contribution in [0.3, 0.4) is 0 Å². The number of rotatable bonds is 7. The van der Waals surface area contributed by atoms with Gasteiger partial charge in [-0.15, -0.1) is 0 Å². The van der Waals surface area contributed by atoms with Crippen molar-refractivity contribution in [1.29, 1.82) is 0 Å². The second-order valence-electron chi connectivity index (χ2n) is 9.07. The Morgan fingerprint density at radius 1 is 1.11 bits per heavy atom. The van der Waals surface area contributed by atoms with Gasteiger partial charge in [0.2, 0.25) is 5.91 Å². The molecule has 3 amide bonds. The molecule has 9 nitrogen and oxygen atoms in total. The van der Waals surface area contributed by atoms with E-state index in [9.17, 15) is 14.4 Å². The van der Waals surface area contributed by atoms with Crippen molar-refractivity contribution >= 4 is 40.6 Å². The van der Waals surface area contributed by atoms with Gasteiger partial charge in [0.15, 0.2) is 5.69 Å². The smallest absolute Gasteiger partial charge is 0.273 e. The Bertz CT molecular complexity index is 1250. The molecule has 2 aromatic carbocycles. The average Bonchev–Trinajstić information content (AvgIpc) is 3.17. The third-order valence-electron chi connectivity index (χ3n) is 5.09. The van der Waals surface area contributed by atoms with Crippen LogP contribution in [0.25, 0.3) is 0 Å². The van der Waals surface area contributed by atoms with Crippen molar-refractivity contribution in [3.63, 3.8) is 0 Å². The number of nitrogens with zero attached hydrogens (tertiary/aromatic N) is 2. The minimum atomic E-state index is -1.06. The van der Waals surface area contributed by atoms with E-state index in [2.05, 4.69) is 9.69 Å². The minimum absolute atomic E-state index is 0.0161. The van der Waals surface area contributed by atoms with Gasteiger partial charge in [0.25, 0.3) is 11.8 Å². The maximum absolute atomic E-state index is 14.0. The molecule has 184 valence electrons. The molecule has 0 aliphatic carbocycles. The molecule has 0 saturated heterocycles. The SMILES string of the molecule is COc1ccc(C(C(=O)NC(C)(C)C)N(C(=O)c2snc(C(N)=O)c2N)c2cccc(C)c2)cc1. The molecule has 35 heavy (non-hydrogen) atoms. The highest BCUT2D eigenvalue weighted by Gasteiger charge is 2.37. The van der Waals surface area contributed by atoms with Crippen LogP contribution >= 0.6 is 11.5 Å². The Morgan fingerprint density at radius 2 is 1.77 bits per heavy atom. The third-order valence-corrected chi connectivity index (χ3v) is 5.94. The summed E-state index contributed by atoms with van der Waals surface area (Å²) < 4.78 is 9.23. The molecule has 1 aromatic heterocycles. The van der Waals surface area contributed by atoms with Crippen molar-refractivity contribution in [1.82, 2.24) is 9.69 Å². The number of nitrogens with two attached hydrogens (primary N) is 2. The number of amides is 3. The van der Waals surface area contributed by atoms with E-state index in [0.717, 1.165) is 17.1 Å². The number of aryl methyl sites for hydroxylation is 1. The van der Waals surface area contributed by atoms with E-state index in [1.807, 2.05) is 33.8 Å². The number of benzene rings is 2. The summed E-state index contributed by atoms with van der Waals surface area (Å²) in [6, 6.07) is 13.0. The van der Waals surface area contributed by atoms with Gasteiger partial charge < -0.3 is 21.5 Å². The highest BCUT2D eigenvalue weighted by Crippen LogP contribution is 2.34. The van der Waals surface area contributed by atoms with Gasteiger partial charge in [-0.2, -0.15) is 4.37 Å². The fourth-order valence-electron chi connectivity index (χ4n) is 3.54. The zero-order chi connectivity index (χ0) is 25.9. The number of ether oxygens (including phenoxy) is 1. The van der Waals surface area contributed by atoms with Crippen LogP contribution < -0.4 is 26.4 Å². The molecular formula is C25H29N5O4S. The molecule has 3 rings (SSSR count). The Balaban J connectivity index is 2.23. The fourth-order valence-corrected chi connectivity index (χ4v) is 4.28. The van der Waals surface area contributed by atoms with E-state index in [1.165, 1.54) is 4.90 Å². The van der Waals surface area contributed by atoms with Crippen LogP contribution in [0.2, 0.25) is 0 Å². The predicted octanol–water partition coefficient (Wildman–Crippen LogP) is 3.44. The van der Waals surface area contributed by atoms with Crippen molar-refractivity contribution in [3.8, 4) is 5.75 Å². The lowest BCUT2D eigenvalue weighted by atomic mass is 10.00. The van der Waals surface area contributed by atoms with Gasteiger partial charge in [-0.1, -0.05) is 24.3 Å². The van der Waals surface area contributed by atoms with Crippen molar-refractivity contribution < 1.29 is 19.1 Å². The molecule has 1 unspecified atom stereocenters. The summed E-state index contributed by atoms with van der Waals surface area (Å²) in [6.07, 6.45) is 0. The molecule has 0 radical (unpaired) electrons. The van der Waals surface area contributed by atoms with Crippen LogP contribution in [0.5, 0.6) is 5.75 Å². The number of hydrogen-bond donors (Lipinski definition) is 3. The Labute approximate surface area is 208 Å². The standard InChI is InChI=1S/C25H29N5O4S/c1-14-7-6-8-16(13-14)30(24(33)21-18(26)19(22(27)31)29-35-21)20(23(32)28-25(2,3)4)15-9-11-17(34-5)12-10-15/h6-13,20H,26H2,1-5H3,(H2,27,31)(H,28,32). The maximum atomic E-state index is 14.0. The van der Waals surface area contributed by atoms with E-state index in [0.29, 0.717) is 17.0 Å². The van der Waals surface area contributed by atoms with Crippen molar-refractivity contribution in [2.24, 2.45) is 5.73 Å². The number of primary amides is 1. The first-order chi connectivity index (χ1) is 16.4. The zero-order valence-corrected chi connectivity index (χ0v) is 21.1. The number of nitrogen functional groups attached to an aromatic ring is 1. The number of carbonyl (C=O) groups excluding carboxylic acids is 3. The lowest BCUT2D eigenvalue weighted by molar-refractivity contribution is -0.123. The molecule has 0 bridgehead atoms. The molecule has 0 spiro atoms. The summed E-state index contributed by atoms with van der Waals surface area (Å²) in [4.78, 5) is 40.8. The summed E-state index contributed by atoms with van der Waals surface area (Å²) >= 11 is 0.765. The zero-order valence-electron chi connectivity index (χ0n) is 20.3. The Hall–Kier alpha value is -3.92. The first kappa shape index (κ1) is 25.7. The summed E-state index contributed by atoms with van der Waals surface area (Å²) in [5, 5.41) is 2.97. The topological polar surface area (TPSA) is 141 Å². The number of methoxy groups -OCH3 is 1. The molecule has 5 N–H and O–H groups in total. The van der Waals surface area contributed by atoms with Crippen LogP contribution in [-0.2, 0) is 4.79 Å². The molecule has 10 heteroatoms. The van der Waals surface area contributed by atoms with Crippen LogP contribution in [0, 0.1) is 6.92 Å². The largest absolute Gasteiger partial charge is 0.497 e. The first-order valence-corrected chi connectivity index (χ1v) is 11.6. The van der Waals surface area contributed by atoms with Crippen LogP contribution in [-0.4, -0.2) is 34.7 Å². The summed E-state index contributed by atoms with van der Waals surface area (Å²) in [6.45, 7) is 7.45. The Kier molecular flexibility index (Phi) is 7.45. The molecule has 1 atom stereocenters. The van der Waals surface area contributed by atoms with Gasteiger partial charge in [-0.05, 0) is 74.6 Å². The van der Waals surface area contributed by atoms with Crippen molar-refractivity contribution in [3.05, 3.63) is 70.2 Å². The molecule has 3 aromatic rings. The number of anilines is 2. The van der Waals surface area contributed by atoms with Gasteiger partial charge in [-0.25, -0.2) is 0 Å². The van der Waals surface area contributed by atoms with Crippen LogP contribution in [0.15, 0.2) is 48.5 Å². The fraction of sp³-hybridized carbons (Fsp3) is 0.280. The lowest BCUT2D eigenvalue weighted by Gasteiger charge is -2.33. The monoisotopic (exact) mass is 495 g/mol. The van der Waals surface area contributed by atoms with Crippen LogP contribution in [0.1, 0.15) is 58.1 Å². The van der Waals surface area contributed by atoms with E-state index in [4.69, 9.17) is 16.2 Å². The van der Waals surface area contributed by atoms with E-state index in [1.54, 1.807) is 49.6 Å². The summed E-state index contributed by atoms with van der Waals surface area (Å²) in [7, 11) is 1.55. The van der Waals surface area contributed by atoms with Gasteiger partial charge in [0, 0.05) is 11.2 Å². The van der Waals surface area contributed by atoms with Crippen molar-refractivity contribution in [2.45, 2.75) is 39.3 Å². The highest BCUT2D eigenvalue weighted by atomic mass is 32.1. The van der Waals surface area contributed by atoms with Gasteiger partial charge in [0.1, 0.15) is 16.7 Å². The number of carbonyl (C=O) groups is 3. The second kappa shape index (κ2) is 10.1. The summed E-state index contributed by atoms with van der Waals surface area (Å²) in [5.74, 6) is -1.20. The average molecular weight is 496 g/mol. The minimum Gasteiger partial charge on any atom is -0.497 e. The summed E-state index contributed by atoms with van der Waals surface area (Å²) in [5.41, 5.74) is 12.5. The molecule has 0 fully saturated rings. The quantitative estimate of drug-likeness (QED) is 0.459. The van der Waals surface area contributed by atoms with Crippen molar-refractivity contribution in [2.75, 3.05) is 17.7 Å². The van der Waals surface area contributed by atoms with Gasteiger partial charge >= 0.3 is 0 Å². The van der Waals surface area contributed by atoms with E-state index >= 15 is 0 Å². The Morgan fingerprint density at radius 3 is 2.29 bits per heavy atom. The van der Waals surface area contributed by atoms with E-state index in [-0.39, 0.29) is 16.3 Å². The third kappa shape index (κ3) is 5.78. The van der Waals surface area contributed by atoms with Crippen LogP contribution in [0.4, 0.5) is 11.4 Å². The normalized spacial score (nSPS) is 12.0. The lowest BCUT2D eigenvalue weighted by Crippen LogP contribution is -2.49. The molecule has 0 aliphatic heterocycles. The molecule has 0 saturated carbocycles. The van der Waals surface area contributed by atoms with Gasteiger partial charge in [0.05, 0.1) is 12.8 Å². The highest BCUT2D eigenvalue weighted by molar-refractivity contribution is 7.09. The predicted molar refractivity (Wildman–Crippen MR) is 137 cm³/mol. The molecule has 1 heterocycles. The number of nitrogens with one attached hydrogen (secondary N) is 1. The second-order valence-corrected chi connectivity index (χ2v) is 9.84. The molecule has 0 aliphatic rings. The maximum Gasteiger partial charge on any atom is 0.273 e. The van der Waals surface area contributed by atoms with Gasteiger partial charge in [-0.3, -0.25) is 19.3 Å².